The third-order valence-electron chi connectivity index (χ3n) is 15.7. The normalized spacial score (nSPS) is 12.4. The lowest BCUT2D eigenvalue weighted by molar-refractivity contribution is -0.133. The van der Waals surface area contributed by atoms with Crippen molar-refractivity contribution in [2.24, 2.45) is 0 Å². The largest absolute Gasteiger partial charge is 0.477 e. The Hall–Kier alpha value is -13.2. The predicted octanol–water partition coefficient (Wildman–Crippen LogP) is 16.8. The molecule has 0 aromatic heterocycles. The summed E-state index contributed by atoms with van der Waals surface area (Å²) in [7, 11) is 0. The lowest BCUT2D eigenvalue weighted by Gasteiger charge is -2.26. The summed E-state index contributed by atoms with van der Waals surface area (Å²) in [6.45, 7) is 4.53. The standard InChI is InChI=1S/C79H53N5O8/c1-79(2)73-6-4-3-5-69(73)70-38-23-57(45-74(70)79)8-7-50-17-32-66(33-18-50)84(67-34-19-55(20-35-67)43-71(58-24-9-51(10-25-58)39-62(46-80)75(85)86)59-26-11-52(12-27-59)40-63(47-81)76(87)88)68-36-21-56(22-37-68)44-72(60-28-13-53(14-29-60)41-64(48-82)77(89)90)61-30-15-54(16-31-61)42-65(49-83)78(91)92/h3-45H,1-2H3,(H,85,86)(H,87,88)(H,89,90)(H,91,92)/b8-7+,62-39+,63-40+,64-41+,65-42+. The van der Waals surface area contributed by atoms with Crippen LogP contribution < -0.4 is 4.90 Å². The molecule has 0 spiro atoms. The van der Waals surface area contributed by atoms with E-state index in [0.717, 1.165) is 72.7 Å². The molecule has 9 aromatic rings. The van der Waals surface area contributed by atoms with Crippen LogP contribution in [0.1, 0.15) is 91.7 Å². The molecule has 442 valence electrons. The minimum atomic E-state index is -1.35. The summed E-state index contributed by atoms with van der Waals surface area (Å²) >= 11 is 0. The summed E-state index contributed by atoms with van der Waals surface area (Å²) in [5.41, 5.74) is 16.0. The van der Waals surface area contributed by atoms with Gasteiger partial charge in [-0.15, -0.1) is 0 Å². The lowest BCUT2D eigenvalue weighted by atomic mass is 9.82. The molecular formula is C79H53N5O8. The lowest BCUT2D eigenvalue weighted by Crippen LogP contribution is -2.14. The molecule has 0 amide bonds. The van der Waals surface area contributed by atoms with Crippen LogP contribution in [0.3, 0.4) is 0 Å². The Balaban J connectivity index is 1.04. The molecule has 9 aromatic carbocycles. The average molecular weight is 1200 g/mol. The highest BCUT2D eigenvalue weighted by Gasteiger charge is 2.35. The van der Waals surface area contributed by atoms with Gasteiger partial charge in [0.15, 0.2) is 0 Å². The molecule has 0 heterocycles. The Labute approximate surface area is 530 Å². The van der Waals surface area contributed by atoms with Crippen LogP contribution in [-0.4, -0.2) is 44.3 Å². The molecule has 13 nitrogen and oxygen atoms in total. The van der Waals surface area contributed by atoms with Gasteiger partial charge in [0.2, 0.25) is 0 Å². The quantitative estimate of drug-likeness (QED) is 0.0335. The van der Waals surface area contributed by atoms with Crippen molar-refractivity contribution in [3.8, 4) is 35.4 Å². The number of aliphatic carboxylic acids is 4. The van der Waals surface area contributed by atoms with Crippen LogP contribution in [0.4, 0.5) is 17.1 Å². The van der Waals surface area contributed by atoms with Crippen molar-refractivity contribution in [1.82, 2.24) is 0 Å². The molecule has 10 rings (SSSR count). The highest BCUT2D eigenvalue weighted by atomic mass is 16.4. The molecule has 0 aliphatic heterocycles. The minimum absolute atomic E-state index is 0.141. The molecule has 1 aliphatic carbocycles. The van der Waals surface area contributed by atoms with E-state index in [1.807, 2.05) is 109 Å². The van der Waals surface area contributed by atoms with Crippen molar-refractivity contribution in [3.05, 3.63) is 313 Å². The van der Waals surface area contributed by atoms with Gasteiger partial charge >= 0.3 is 23.9 Å². The summed E-state index contributed by atoms with van der Waals surface area (Å²) in [5.74, 6) is -5.38. The minimum Gasteiger partial charge on any atom is -0.477 e. The molecule has 1 aliphatic rings. The first-order chi connectivity index (χ1) is 44.4. The van der Waals surface area contributed by atoms with Gasteiger partial charge in [0.25, 0.3) is 0 Å². The molecule has 0 unspecified atom stereocenters. The number of carboxylic acid groups (broad SMARTS) is 4. The molecular weight excluding hydrogens is 1150 g/mol. The highest BCUT2D eigenvalue weighted by Crippen LogP contribution is 2.49. The van der Waals surface area contributed by atoms with E-state index in [1.54, 1.807) is 72.8 Å². The molecule has 0 atom stereocenters. The molecule has 92 heavy (non-hydrogen) atoms. The van der Waals surface area contributed by atoms with Crippen molar-refractivity contribution in [2.75, 3.05) is 4.90 Å². The maximum Gasteiger partial charge on any atom is 0.346 e. The van der Waals surface area contributed by atoms with Gasteiger partial charge in [-0.3, -0.25) is 0 Å². The zero-order valence-corrected chi connectivity index (χ0v) is 49.5. The molecule has 0 fully saturated rings. The first-order valence-corrected chi connectivity index (χ1v) is 28.7. The van der Waals surface area contributed by atoms with Crippen LogP contribution in [0.2, 0.25) is 0 Å². The fourth-order valence-corrected chi connectivity index (χ4v) is 10.9. The smallest absolute Gasteiger partial charge is 0.346 e. The van der Waals surface area contributed by atoms with Gasteiger partial charge in [-0.25, -0.2) is 19.2 Å². The van der Waals surface area contributed by atoms with E-state index in [1.165, 1.54) is 46.6 Å². The van der Waals surface area contributed by atoms with E-state index < -0.39 is 46.2 Å². The molecule has 4 N–H and O–H groups in total. The number of carbonyl (C=O) groups is 4. The van der Waals surface area contributed by atoms with Crippen LogP contribution in [0, 0.1) is 45.3 Å². The van der Waals surface area contributed by atoms with Crippen molar-refractivity contribution < 1.29 is 39.6 Å². The van der Waals surface area contributed by atoms with Crippen molar-refractivity contribution in [2.45, 2.75) is 19.3 Å². The monoisotopic (exact) mass is 1200 g/mol. The number of nitrogens with zero attached hydrogens (tertiary/aromatic N) is 5. The molecule has 13 heteroatoms. The van der Waals surface area contributed by atoms with E-state index in [9.17, 15) is 60.7 Å². The topological polar surface area (TPSA) is 248 Å². The van der Waals surface area contributed by atoms with E-state index in [-0.39, 0.29) is 5.41 Å². The second kappa shape index (κ2) is 27.2. The fraction of sp³-hybridized carbons (Fsp3) is 0.0380. The summed E-state index contributed by atoms with van der Waals surface area (Å²) in [4.78, 5) is 48.8. The summed E-state index contributed by atoms with van der Waals surface area (Å²) < 4.78 is 0. The van der Waals surface area contributed by atoms with Gasteiger partial charge in [-0.2, -0.15) is 21.0 Å². The van der Waals surface area contributed by atoms with Crippen LogP contribution >= 0.6 is 0 Å². The molecule has 0 saturated heterocycles. The zero-order valence-electron chi connectivity index (χ0n) is 49.5. The van der Waals surface area contributed by atoms with Gasteiger partial charge in [-0.05, 0) is 173 Å². The van der Waals surface area contributed by atoms with Crippen LogP contribution in [0.15, 0.2) is 235 Å². The van der Waals surface area contributed by atoms with Crippen LogP contribution in [-0.2, 0) is 24.6 Å². The van der Waals surface area contributed by atoms with E-state index in [2.05, 4.69) is 97.6 Å². The molecule has 0 saturated carbocycles. The third-order valence-corrected chi connectivity index (χ3v) is 15.7. The summed E-state index contributed by atoms with van der Waals surface area (Å²) in [5, 5.41) is 75.7. The summed E-state index contributed by atoms with van der Waals surface area (Å²) in [6.07, 6.45) is 13.4. The Bertz CT molecular complexity index is 4400. The SMILES string of the molecule is CC1(C)c2ccccc2-c2ccc(/C=C/c3ccc(N(c4ccc(C=C(c5ccc(/C=C(\C#N)C(=O)O)cc5)c5ccc(/C=C(\C#N)C(=O)O)cc5)cc4)c4ccc(C=C(c5ccc(/C=C(\C#N)C(=O)O)cc5)c5ccc(/C=C(\C#N)C(=O)O)cc5)cc4)cc3)cc21. The fourth-order valence-electron chi connectivity index (χ4n) is 10.9. The van der Waals surface area contributed by atoms with Crippen LogP contribution in [0.25, 0.3) is 70.9 Å². The van der Waals surface area contributed by atoms with E-state index in [0.29, 0.717) is 22.3 Å². The summed E-state index contributed by atoms with van der Waals surface area (Å²) in [6, 6.07) is 74.5. The predicted molar refractivity (Wildman–Crippen MR) is 359 cm³/mol. The van der Waals surface area contributed by atoms with E-state index >= 15 is 0 Å². The molecule has 0 radical (unpaired) electrons. The number of rotatable bonds is 19. The number of fused-ring (bicyclic) bond motifs is 3. The second-order valence-corrected chi connectivity index (χ2v) is 21.9. The average Bonchev–Trinajstić information content (AvgIpc) is 1.58. The second-order valence-electron chi connectivity index (χ2n) is 21.9. The first kappa shape index (κ1) is 61.9. The van der Waals surface area contributed by atoms with Crippen molar-refractivity contribution in [3.63, 3.8) is 0 Å². The maximum atomic E-state index is 11.7. The third kappa shape index (κ3) is 14.0. The van der Waals surface area contributed by atoms with Gasteiger partial charge in [0, 0.05) is 22.5 Å². The Kier molecular flexibility index (Phi) is 18.3. The molecule has 0 bridgehead atoms. The van der Waals surface area contributed by atoms with Crippen LogP contribution in [0.5, 0.6) is 0 Å². The number of nitriles is 4. The van der Waals surface area contributed by atoms with E-state index in [4.69, 9.17) is 0 Å². The Morgan fingerprint density at radius 2 is 0.609 bits per heavy atom. The van der Waals surface area contributed by atoms with Gasteiger partial charge < -0.3 is 25.3 Å². The van der Waals surface area contributed by atoms with Gasteiger partial charge in [0.1, 0.15) is 46.6 Å². The zero-order chi connectivity index (χ0) is 65.1. The highest BCUT2D eigenvalue weighted by molar-refractivity contribution is 6.00. The Morgan fingerprint density at radius 1 is 0.337 bits per heavy atom. The van der Waals surface area contributed by atoms with Gasteiger partial charge in [0.05, 0.1) is 0 Å². The number of anilines is 3. The number of carboxylic acids is 4. The first-order valence-electron chi connectivity index (χ1n) is 28.7. The van der Waals surface area contributed by atoms with Gasteiger partial charge in [-0.1, -0.05) is 202 Å². The van der Waals surface area contributed by atoms with Crippen molar-refractivity contribution in [1.29, 1.82) is 21.0 Å². The van der Waals surface area contributed by atoms with Crippen molar-refractivity contribution >= 4 is 101 Å². The number of hydrogen-bond donors (Lipinski definition) is 4. The maximum absolute atomic E-state index is 11.7. The number of hydrogen-bond acceptors (Lipinski definition) is 9. The Morgan fingerprint density at radius 3 is 0.935 bits per heavy atom. The number of benzene rings is 9.